The van der Waals surface area contributed by atoms with Crippen molar-refractivity contribution in [3.8, 4) is 0 Å². The fourth-order valence-electron chi connectivity index (χ4n) is 2.08. The van der Waals surface area contributed by atoms with Crippen molar-refractivity contribution in [3.05, 3.63) is 34.9 Å². The Kier molecular flexibility index (Phi) is 2.64. The monoisotopic (exact) mass is 244 g/mol. The van der Waals surface area contributed by atoms with E-state index in [1.165, 1.54) is 12.1 Å². The highest BCUT2D eigenvalue weighted by Gasteiger charge is 2.56. The first-order valence-corrected chi connectivity index (χ1v) is 5.20. The molecule has 1 N–H and O–H groups in total. The van der Waals surface area contributed by atoms with Gasteiger partial charge in [-0.3, -0.25) is 0 Å². The molecule has 2 nitrogen and oxygen atoms in total. The Hall–Kier alpha value is -1.52. The molecule has 1 aromatic rings. The summed E-state index contributed by atoms with van der Waals surface area (Å²) in [6.07, 6.45) is -4.12. The van der Waals surface area contributed by atoms with Crippen LogP contribution in [-0.4, -0.2) is 17.3 Å². The third-order valence-electron chi connectivity index (χ3n) is 2.99. The zero-order valence-electron chi connectivity index (χ0n) is 9.08. The number of rotatable bonds is 2. The molecule has 1 saturated carbocycles. The molecule has 0 spiro atoms. The minimum absolute atomic E-state index is 0.0489. The van der Waals surface area contributed by atoms with Crippen molar-refractivity contribution in [2.75, 3.05) is 0 Å². The number of hydrogen-bond donors (Lipinski definition) is 1. The second-order valence-electron chi connectivity index (χ2n) is 4.43. The average molecular weight is 244 g/mol. The molecule has 17 heavy (non-hydrogen) atoms. The fourth-order valence-corrected chi connectivity index (χ4v) is 2.08. The van der Waals surface area contributed by atoms with Crippen molar-refractivity contribution < 1.29 is 23.1 Å². The quantitative estimate of drug-likeness (QED) is 0.866. The summed E-state index contributed by atoms with van der Waals surface area (Å²) < 4.78 is 37.3. The average Bonchev–Trinajstić information content (AvgIpc) is 2.94. The first kappa shape index (κ1) is 12.0. The molecule has 0 saturated heterocycles. The molecule has 0 radical (unpaired) electrons. The van der Waals surface area contributed by atoms with Gasteiger partial charge in [0.15, 0.2) is 0 Å². The number of carbonyl (C=O) groups is 1. The van der Waals surface area contributed by atoms with E-state index in [0.29, 0.717) is 11.1 Å². The fraction of sp³-hybridized carbons (Fsp3) is 0.417. The van der Waals surface area contributed by atoms with E-state index in [0.717, 1.165) is 0 Å². The van der Waals surface area contributed by atoms with Gasteiger partial charge in [0.05, 0.1) is 11.5 Å². The summed E-state index contributed by atoms with van der Waals surface area (Å²) in [4.78, 5) is 10.8. The predicted molar refractivity (Wildman–Crippen MR) is 55.0 cm³/mol. The van der Waals surface area contributed by atoms with Crippen LogP contribution in [0.3, 0.4) is 0 Å². The summed E-state index contributed by atoms with van der Waals surface area (Å²) in [5, 5.41) is 8.84. The van der Waals surface area contributed by atoms with Gasteiger partial charge in [-0.25, -0.2) is 4.79 Å². The van der Waals surface area contributed by atoms with Crippen LogP contribution in [0, 0.1) is 12.8 Å². The summed E-state index contributed by atoms with van der Waals surface area (Å²) in [6.45, 7) is 1.68. The van der Waals surface area contributed by atoms with Crippen LogP contribution in [0.2, 0.25) is 0 Å². The van der Waals surface area contributed by atoms with Gasteiger partial charge in [0.1, 0.15) is 0 Å². The van der Waals surface area contributed by atoms with E-state index >= 15 is 0 Å². The number of aromatic carboxylic acids is 1. The molecule has 92 valence electrons. The van der Waals surface area contributed by atoms with Gasteiger partial charge < -0.3 is 5.11 Å². The lowest BCUT2D eigenvalue weighted by Crippen LogP contribution is -2.11. The molecule has 0 amide bonds. The molecular weight excluding hydrogens is 233 g/mol. The SMILES string of the molecule is Cc1cc(C(=O)O)cc([C@@H]2C[C@H]2C(F)(F)F)c1. The molecule has 1 aliphatic rings. The number of carboxylic acid groups (broad SMARTS) is 1. The van der Waals surface area contributed by atoms with Crippen molar-refractivity contribution in [2.45, 2.75) is 25.4 Å². The van der Waals surface area contributed by atoms with E-state index in [9.17, 15) is 18.0 Å². The summed E-state index contributed by atoms with van der Waals surface area (Å²) in [7, 11) is 0. The van der Waals surface area contributed by atoms with Gasteiger partial charge in [0.2, 0.25) is 0 Å². The van der Waals surface area contributed by atoms with Crippen LogP contribution in [0.15, 0.2) is 18.2 Å². The lowest BCUT2D eigenvalue weighted by atomic mass is 10.0. The second kappa shape index (κ2) is 3.75. The third-order valence-corrected chi connectivity index (χ3v) is 2.99. The normalized spacial score (nSPS) is 23.5. The highest BCUT2D eigenvalue weighted by molar-refractivity contribution is 5.88. The van der Waals surface area contributed by atoms with Crippen molar-refractivity contribution >= 4 is 5.97 Å². The zero-order chi connectivity index (χ0) is 12.8. The zero-order valence-corrected chi connectivity index (χ0v) is 9.08. The molecule has 0 bridgehead atoms. The van der Waals surface area contributed by atoms with Gasteiger partial charge in [0.25, 0.3) is 0 Å². The van der Waals surface area contributed by atoms with Crippen molar-refractivity contribution in [3.63, 3.8) is 0 Å². The smallest absolute Gasteiger partial charge is 0.392 e. The van der Waals surface area contributed by atoms with E-state index in [1.807, 2.05) is 0 Å². The van der Waals surface area contributed by atoms with E-state index in [1.54, 1.807) is 13.0 Å². The Labute approximate surface area is 96.1 Å². The predicted octanol–water partition coefficient (Wildman–Crippen LogP) is 3.36. The molecule has 5 heteroatoms. The van der Waals surface area contributed by atoms with Gasteiger partial charge in [-0.05, 0) is 42.5 Å². The van der Waals surface area contributed by atoms with Crippen LogP contribution in [0.1, 0.15) is 33.8 Å². The maximum Gasteiger partial charge on any atom is 0.392 e. The van der Waals surface area contributed by atoms with Crippen LogP contribution < -0.4 is 0 Å². The summed E-state index contributed by atoms with van der Waals surface area (Å²) in [6, 6.07) is 4.42. The van der Waals surface area contributed by atoms with Gasteiger partial charge in [-0.1, -0.05) is 6.07 Å². The van der Waals surface area contributed by atoms with Crippen LogP contribution in [-0.2, 0) is 0 Å². The lowest BCUT2D eigenvalue weighted by molar-refractivity contribution is -0.148. The van der Waals surface area contributed by atoms with Crippen LogP contribution in [0.5, 0.6) is 0 Å². The molecule has 1 aromatic carbocycles. The largest absolute Gasteiger partial charge is 0.478 e. The number of hydrogen-bond acceptors (Lipinski definition) is 1. The Balaban J connectivity index is 2.27. The van der Waals surface area contributed by atoms with Crippen LogP contribution in [0.4, 0.5) is 13.2 Å². The van der Waals surface area contributed by atoms with Gasteiger partial charge >= 0.3 is 12.1 Å². The lowest BCUT2D eigenvalue weighted by Gasteiger charge is -2.07. The molecular formula is C12H11F3O2. The molecule has 0 unspecified atom stereocenters. The standard InChI is InChI=1S/C12H11F3O2/c1-6-2-7(4-8(3-6)11(16)17)9-5-10(9)12(13,14)15/h2-4,9-10H,5H2,1H3,(H,16,17)/t9-,10+/m0/s1. The minimum Gasteiger partial charge on any atom is -0.478 e. The summed E-state index contributed by atoms with van der Waals surface area (Å²) in [5.74, 6) is -3.00. The number of halogens is 3. The van der Waals surface area contributed by atoms with Crippen molar-refractivity contribution in [1.29, 1.82) is 0 Å². The number of benzene rings is 1. The van der Waals surface area contributed by atoms with E-state index in [2.05, 4.69) is 0 Å². The first-order valence-electron chi connectivity index (χ1n) is 5.20. The second-order valence-corrected chi connectivity index (χ2v) is 4.43. The number of alkyl halides is 3. The molecule has 0 aliphatic heterocycles. The maximum absolute atomic E-state index is 12.4. The number of carboxylic acids is 1. The first-order chi connectivity index (χ1) is 7.79. The number of aryl methyl sites for hydroxylation is 1. The summed E-state index contributed by atoms with van der Waals surface area (Å²) >= 11 is 0. The maximum atomic E-state index is 12.4. The van der Waals surface area contributed by atoms with E-state index in [-0.39, 0.29) is 12.0 Å². The van der Waals surface area contributed by atoms with Gasteiger partial charge in [0, 0.05) is 0 Å². The molecule has 2 atom stereocenters. The molecule has 1 aliphatic carbocycles. The Bertz CT molecular complexity index is 465. The highest BCUT2D eigenvalue weighted by Crippen LogP contribution is 2.56. The molecule has 1 fully saturated rings. The topological polar surface area (TPSA) is 37.3 Å². The molecule has 0 aromatic heterocycles. The third kappa shape index (κ3) is 2.43. The molecule has 0 heterocycles. The molecule has 2 rings (SSSR count). The Morgan fingerprint density at radius 1 is 1.35 bits per heavy atom. The van der Waals surface area contributed by atoms with E-state index < -0.39 is 24.0 Å². The van der Waals surface area contributed by atoms with Crippen LogP contribution in [0.25, 0.3) is 0 Å². The van der Waals surface area contributed by atoms with E-state index in [4.69, 9.17) is 5.11 Å². The summed E-state index contributed by atoms with van der Waals surface area (Å²) in [5.41, 5.74) is 1.20. The van der Waals surface area contributed by atoms with Gasteiger partial charge in [-0.2, -0.15) is 13.2 Å². The van der Waals surface area contributed by atoms with Crippen molar-refractivity contribution in [1.82, 2.24) is 0 Å². The highest BCUT2D eigenvalue weighted by atomic mass is 19.4. The van der Waals surface area contributed by atoms with Crippen LogP contribution >= 0.6 is 0 Å². The minimum atomic E-state index is -4.18. The van der Waals surface area contributed by atoms with Crippen molar-refractivity contribution in [2.24, 2.45) is 5.92 Å². The Morgan fingerprint density at radius 2 is 2.00 bits per heavy atom. The van der Waals surface area contributed by atoms with Gasteiger partial charge in [-0.15, -0.1) is 0 Å². The Morgan fingerprint density at radius 3 is 2.47 bits per heavy atom.